The third-order valence-corrected chi connectivity index (χ3v) is 7.21. The summed E-state index contributed by atoms with van der Waals surface area (Å²) in [5, 5.41) is 7.42. The second-order valence-electron chi connectivity index (χ2n) is 7.33. The minimum atomic E-state index is -2.74. The number of ether oxygens (including phenoxy) is 1. The van der Waals surface area contributed by atoms with Crippen LogP contribution in [-0.2, 0) is 15.8 Å². The fourth-order valence-electron chi connectivity index (χ4n) is 2.99. The summed E-state index contributed by atoms with van der Waals surface area (Å²) in [6.45, 7) is 1.85. The number of amides is 2. The predicted molar refractivity (Wildman–Crippen MR) is 132 cm³/mol. The number of hydrogen-bond acceptors (Lipinski definition) is 6. The summed E-state index contributed by atoms with van der Waals surface area (Å²) >= 11 is 1.60. The lowest BCUT2D eigenvalue weighted by Crippen LogP contribution is -2.26. The molecule has 8 nitrogen and oxygen atoms in total. The molecule has 0 radical (unpaired) electrons. The van der Waals surface area contributed by atoms with Gasteiger partial charge in [0.1, 0.15) is 6.61 Å². The van der Waals surface area contributed by atoms with Crippen molar-refractivity contribution in [3.63, 3.8) is 0 Å². The SMILES string of the molecule is CCC(COC(=O)NCc1ccc(C(=O)Nc2cc(-c3cccs3)ccc2N)cc1)[PH](=O)O. The molecule has 0 aliphatic rings. The maximum atomic E-state index is 12.7. The molecule has 1 aromatic heterocycles. The zero-order valence-corrected chi connectivity index (χ0v) is 19.9. The van der Waals surface area contributed by atoms with E-state index in [0.717, 1.165) is 16.0 Å². The summed E-state index contributed by atoms with van der Waals surface area (Å²) in [6.07, 6.45) is -0.214. The summed E-state index contributed by atoms with van der Waals surface area (Å²) in [4.78, 5) is 34.7. The van der Waals surface area contributed by atoms with Crippen molar-refractivity contribution in [2.45, 2.75) is 25.5 Å². The summed E-state index contributed by atoms with van der Waals surface area (Å²) in [7, 11) is -2.74. The number of thiophene rings is 1. The van der Waals surface area contributed by atoms with Crippen LogP contribution >= 0.6 is 19.4 Å². The molecule has 10 heteroatoms. The highest BCUT2D eigenvalue weighted by Gasteiger charge is 2.15. The van der Waals surface area contributed by atoms with Crippen LogP contribution in [0, 0.1) is 0 Å². The van der Waals surface area contributed by atoms with E-state index < -0.39 is 19.8 Å². The smallest absolute Gasteiger partial charge is 0.407 e. The van der Waals surface area contributed by atoms with Crippen molar-refractivity contribution in [2.24, 2.45) is 0 Å². The second-order valence-corrected chi connectivity index (χ2v) is 9.77. The summed E-state index contributed by atoms with van der Waals surface area (Å²) in [5.74, 6) is -0.297. The van der Waals surface area contributed by atoms with E-state index in [1.807, 2.05) is 29.6 Å². The summed E-state index contributed by atoms with van der Waals surface area (Å²) in [6, 6.07) is 16.2. The topological polar surface area (TPSA) is 131 Å². The minimum Gasteiger partial charge on any atom is -0.449 e. The van der Waals surface area contributed by atoms with Crippen molar-refractivity contribution < 1.29 is 23.8 Å². The Bertz CT molecular complexity index is 1120. The van der Waals surface area contributed by atoms with Crippen LogP contribution in [0.2, 0.25) is 0 Å². The molecule has 0 aliphatic carbocycles. The van der Waals surface area contributed by atoms with Gasteiger partial charge in [0.2, 0.25) is 0 Å². The van der Waals surface area contributed by atoms with Crippen LogP contribution in [0.5, 0.6) is 0 Å². The van der Waals surface area contributed by atoms with E-state index in [-0.39, 0.29) is 19.1 Å². The number of benzene rings is 2. The van der Waals surface area contributed by atoms with E-state index in [2.05, 4.69) is 10.6 Å². The summed E-state index contributed by atoms with van der Waals surface area (Å²) in [5.41, 5.74) is 8.69. The molecule has 0 bridgehead atoms. The van der Waals surface area contributed by atoms with Gasteiger partial charge in [-0.05, 0) is 53.3 Å². The zero-order chi connectivity index (χ0) is 23.8. The lowest BCUT2D eigenvalue weighted by Gasteiger charge is -2.12. The van der Waals surface area contributed by atoms with Crippen molar-refractivity contribution >= 4 is 42.7 Å². The highest BCUT2D eigenvalue weighted by molar-refractivity contribution is 7.38. The third kappa shape index (κ3) is 6.92. The van der Waals surface area contributed by atoms with Crippen molar-refractivity contribution in [3.8, 4) is 10.4 Å². The molecule has 0 fully saturated rings. The number of alkyl carbamates (subject to hydrolysis) is 1. The van der Waals surface area contributed by atoms with Gasteiger partial charge in [0.25, 0.3) is 5.91 Å². The van der Waals surface area contributed by atoms with E-state index in [1.54, 1.807) is 48.6 Å². The molecule has 3 aromatic rings. The molecule has 174 valence electrons. The number of nitrogens with two attached hydrogens (primary N) is 1. The molecule has 0 saturated heterocycles. The average molecular weight is 488 g/mol. The molecule has 2 atom stereocenters. The zero-order valence-electron chi connectivity index (χ0n) is 18.0. The first-order chi connectivity index (χ1) is 15.9. The first-order valence-corrected chi connectivity index (χ1v) is 12.7. The van der Waals surface area contributed by atoms with E-state index >= 15 is 0 Å². The Kier molecular flexibility index (Phi) is 8.65. The Morgan fingerprint density at radius 3 is 2.58 bits per heavy atom. The van der Waals surface area contributed by atoms with Crippen molar-refractivity contribution in [1.82, 2.24) is 5.32 Å². The van der Waals surface area contributed by atoms with E-state index in [4.69, 9.17) is 15.4 Å². The van der Waals surface area contributed by atoms with Crippen LogP contribution in [0.4, 0.5) is 16.2 Å². The number of anilines is 2. The number of nitrogen functional groups attached to an aromatic ring is 1. The van der Waals surface area contributed by atoms with Gasteiger partial charge in [0.05, 0.1) is 17.0 Å². The molecular formula is C23H26N3O5PS. The average Bonchev–Trinajstić information content (AvgIpc) is 3.34. The highest BCUT2D eigenvalue weighted by Crippen LogP contribution is 2.30. The molecule has 0 spiro atoms. The van der Waals surface area contributed by atoms with Crippen LogP contribution in [-0.4, -0.2) is 29.2 Å². The van der Waals surface area contributed by atoms with Gasteiger partial charge in [-0.25, -0.2) is 4.79 Å². The predicted octanol–water partition coefficient (Wildman–Crippen LogP) is 4.72. The second kappa shape index (κ2) is 11.7. The fourth-order valence-corrected chi connectivity index (χ4v) is 4.29. The van der Waals surface area contributed by atoms with Crippen LogP contribution in [0.1, 0.15) is 29.3 Å². The van der Waals surface area contributed by atoms with Gasteiger partial charge in [0, 0.05) is 17.0 Å². The van der Waals surface area contributed by atoms with Gasteiger partial charge in [-0.3, -0.25) is 9.36 Å². The molecule has 2 aromatic carbocycles. The lowest BCUT2D eigenvalue weighted by atomic mass is 10.1. The number of hydrogen-bond donors (Lipinski definition) is 4. The molecule has 0 saturated carbocycles. The first-order valence-electron chi connectivity index (χ1n) is 10.3. The lowest BCUT2D eigenvalue weighted by molar-refractivity contribution is 0.102. The maximum Gasteiger partial charge on any atom is 0.407 e. The Morgan fingerprint density at radius 1 is 1.18 bits per heavy atom. The standard InChI is InChI=1S/C23H26N3O5PS/c1-2-18(32(29)30)14-31-23(28)25-13-15-5-7-16(8-6-15)22(27)26-20-12-17(9-10-19(20)24)21-4-3-11-33-21/h3-12,18,32H,2,13-14,24H2,1H3,(H,25,28)(H,26,27)(H,29,30). The number of carbonyl (C=O) groups excluding carboxylic acids is 2. The van der Waals surface area contributed by atoms with Gasteiger partial charge in [-0.15, -0.1) is 11.3 Å². The van der Waals surface area contributed by atoms with Crippen molar-refractivity contribution in [1.29, 1.82) is 0 Å². The fraction of sp³-hybridized carbons (Fsp3) is 0.217. The van der Waals surface area contributed by atoms with Crippen molar-refractivity contribution in [2.75, 3.05) is 17.7 Å². The van der Waals surface area contributed by atoms with Gasteiger partial charge in [-0.2, -0.15) is 0 Å². The Balaban J connectivity index is 1.55. The van der Waals surface area contributed by atoms with Crippen LogP contribution in [0.3, 0.4) is 0 Å². The third-order valence-electron chi connectivity index (χ3n) is 5.02. The van der Waals surface area contributed by atoms with Crippen LogP contribution < -0.4 is 16.4 Å². The molecule has 0 aliphatic heterocycles. The van der Waals surface area contributed by atoms with Crippen LogP contribution in [0.15, 0.2) is 60.0 Å². The highest BCUT2D eigenvalue weighted by atomic mass is 32.1. The monoisotopic (exact) mass is 487 g/mol. The normalized spacial score (nSPS) is 12.5. The quantitative estimate of drug-likeness (QED) is 0.255. The number of nitrogens with one attached hydrogen (secondary N) is 2. The van der Waals surface area contributed by atoms with E-state index in [9.17, 15) is 14.2 Å². The molecule has 5 N–H and O–H groups in total. The maximum absolute atomic E-state index is 12.7. The molecule has 2 unspecified atom stereocenters. The molecule has 3 rings (SSSR count). The summed E-state index contributed by atoms with van der Waals surface area (Å²) < 4.78 is 16.1. The molecular weight excluding hydrogens is 461 g/mol. The van der Waals surface area contributed by atoms with E-state index in [0.29, 0.717) is 23.4 Å². The Labute approximate surface area is 196 Å². The van der Waals surface area contributed by atoms with Gasteiger partial charge in [0.15, 0.2) is 8.03 Å². The largest absolute Gasteiger partial charge is 0.449 e. The van der Waals surface area contributed by atoms with Gasteiger partial charge < -0.3 is 26.0 Å². The molecule has 2 amide bonds. The number of carbonyl (C=O) groups is 2. The number of rotatable bonds is 9. The first kappa shape index (κ1) is 24.5. The van der Waals surface area contributed by atoms with Crippen LogP contribution in [0.25, 0.3) is 10.4 Å². The molecule has 33 heavy (non-hydrogen) atoms. The Morgan fingerprint density at radius 2 is 1.94 bits per heavy atom. The van der Waals surface area contributed by atoms with Gasteiger partial charge in [-0.1, -0.05) is 31.2 Å². The van der Waals surface area contributed by atoms with Gasteiger partial charge >= 0.3 is 6.09 Å². The van der Waals surface area contributed by atoms with Crippen molar-refractivity contribution in [3.05, 3.63) is 71.1 Å². The van der Waals surface area contributed by atoms with E-state index in [1.165, 1.54) is 0 Å². The minimum absolute atomic E-state index is 0.105. The Hall–Kier alpha value is -3.13. The molecule has 1 heterocycles.